The van der Waals surface area contributed by atoms with Crippen LogP contribution in [0.5, 0.6) is 5.75 Å². The molecule has 0 saturated carbocycles. The fourth-order valence-corrected chi connectivity index (χ4v) is 1.37. The highest BCUT2D eigenvalue weighted by Gasteiger charge is 2.04. The molecule has 104 valence electrons. The van der Waals surface area contributed by atoms with Gasteiger partial charge in [0.15, 0.2) is 0 Å². The van der Waals surface area contributed by atoms with Gasteiger partial charge in [-0.15, -0.1) is 6.42 Å². The molecule has 0 aliphatic heterocycles. The summed E-state index contributed by atoms with van der Waals surface area (Å²) < 4.78 is 4.76. The maximum absolute atomic E-state index is 10.6. The Morgan fingerprint density at radius 3 is 2.79 bits per heavy atom. The van der Waals surface area contributed by atoms with Crippen molar-refractivity contribution in [3.8, 4) is 18.1 Å². The fraction of sp³-hybridized carbons (Fsp3) is 0.308. The normalized spacial score (nSPS) is 10.6. The molecule has 0 fully saturated rings. The van der Waals surface area contributed by atoms with E-state index in [0.29, 0.717) is 18.7 Å². The molecule has 0 radical (unpaired) electrons. The summed E-state index contributed by atoms with van der Waals surface area (Å²) in [5.41, 5.74) is 16.2. The van der Waals surface area contributed by atoms with Crippen molar-refractivity contribution in [1.29, 1.82) is 0 Å². The average molecular weight is 264 g/mol. The molecule has 0 saturated heterocycles. The number of hydrogen-bond acceptors (Lipinski definition) is 5. The molecular weight excluding hydrogens is 244 g/mol. The van der Waals surface area contributed by atoms with Crippen LogP contribution in [-0.4, -0.2) is 25.9 Å². The van der Waals surface area contributed by atoms with Gasteiger partial charge in [0.1, 0.15) is 5.75 Å². The second-order valence-corrected chi connectivity index (χ2v) is 3.46. The van der Waals surface area contributed by atoms with Gasteiger partial charge in [-0.05, 0) is 24.7 Å². The van der Waals surface area contributed by atoms with E-state index in [-0.39, 0.29) is 6.17 Å². The summed E-state index contributed by atoms with van der Waals surface area (Å²) in [5, 5.41) is 2.95. The number of nitrogens with two attached hydrogens (primary N) is 3. The summed E-state index contributed by atoms with van der Waals surface area (Å²) in [6, 6.07) is 7.00. The van der Waals surface area contributed by atoms with Crippen molar-refractivity contribution in [2.45, 2.75) is 12.6 Å². The second-order valence-electron chi connectivity index (χ2n) is 3.46. The van der Waals surface area contributed by atoms with E-state index in [0.717, 1.165) is 5.56 Å². The highest BCUT2D eigenvalue weighted by atomic mass is 16.5. The van der Waals surface area contributed by atoms with Gasteiger partial charge in [-0.2, -0.15) is 0 Å². The van der Waals surface area contributed by atoms with Gasteiger partial charge in [0.25, 0.3) is 0 Å². The Morgan fingerprint density at radius 1 is 1.53 bits per heavy atom. The molecule has 1 atom stereocenters. The van der Waals surface area contributed by atoms with E-state index < -0.39 is 6.09 Å². The zero-order valence-corrected chi connectivity index (χ0v) is 10.9. The second kappa shape index (κ2) is 9.91. The Bertz CT molecular complexity index is 429. The first-order chi connectivity index (χ1) is 9.11. The lowest BCUT2D eigenvalue weighted by Gasteiger charge is -2.12. The van der Waals surface area contributed by atoms with Gasteiger partial charge >= 0.3 is 6.09 Å². The maximum atomic E-state index is 10.6. The minimum absolute atomic E-state index is 0.241. The first kappa shape index (κ1) is 16.9. The van der Waals surface area contributed by atoms with E-state index in [9.17, 15) is 4.79 Å². The molecule has 6 heteroatoms. The number of terminal acetylenes is 1. The van der Waals surface area contributed by atoms with Gasteiger partial charge < -0.3 is 21.9 Å². The minimum atomic E-state index is -0.836. The lowest BCUT2D eigenvalue weighted by atomic mass is 10.1. The lowest BCUT2D eigenvalue weighted by Crippen LogP contribution is -2.39. The number of primary amides is 1. The van der Waals surface area contributed by atoms with Crippen LogP contribution in [0.4, 0.5) is 4.79 Å². The molecule has 0 bridgehead atoms. The van der Waals surface area contributed by atoms with Crippen molar-refractivity contribution < 1.29 is 9.53 Å². The number of hydrogen-bond donors (Lipinski definition) is 4. The highest BCUT2D eigenvalue weighted by molar-refractivity contribution is 5.68. The molecule has 0 spiro atoms. The zero-order valence-electron chi connectivity index (χ0n) is 10.9. The predicted molar refractivity (Wildman–Crippen MR) is 75.3 cm³/mol. The van der Waals surface area contributed by atoms with E-state index in [1.165, 1.54) is 7.05 Å². The third-order valence-corrected chi connectivity index (χ3v) is 2.04. The minimum Gasteiger partial charge on any atom is -0.410 e. The van der Waals surface area contributed by atoms with Crippen LogP contribution < -0.4 is 27.3 Å². The molecule has 1 unspecified atom stereocenters. The lowest BCUT2D eigenvalue weighted by molar-refractivity contribution is 0.211. The van der Waals surface area contributed by atoms with Crippen molar-refractivity contribution >= 4 is 6.09 Å². The van der Waals surface area contributed by atoms with Crippen molar-refractivity contribution in [2.75, 3.05) is 13.6 Å². The molecule has 0 aromatic heterocycles. The van der Waals surface area contributed by atoms with Crippen LogP contribution in [-0.2, 0) is 6.42 Å². The Kier molecular flexibility index (Phi) is 8.83. The molecule has 1 aromatic rings. The SMILES string of the molecule is C#CCNC(N)Cc1cccc(OC(N)=O)c1.CN. The molecule has 0 aliphatic rings. The van der Waals surface area contributed by atoms with Crippen LogP contribution in [0.15, 0.2) is 24.3 Å². The summed E-state index contributed by atoms with van der Waals surface area (Å²) in [6.07, 6.45) is 4.61. The Balaban J connectivity index is 0.00000154. The molecular formula is C13H20N4O2. The number of amides is 1. The smallest absolute Gasteiger partial charge is 0.409 e. The van der Waals surface area contributed by atoms with Crippen LogP contribution >= 0.6 is 0 Å². The van der Waals surface area contributed by atoms with E-state index >= 15 is 0 Å². The van der Waals surface area contributed by atoms with E-state index in [1.807, 2.05) is 6.07 Å². The predicted octanol–water partition coefficient (Wildman–Crippen LogP) is -0.231. The monoisotopic (exact) mass is 264 g/mol. The molecule has 7 N–H and O–H groups in total. The van der Waals surface area contributed by atoms with E-state index in [2.05, 4.69) is 17.0 Å². The van der Waals surface area contributed by atoms with Crippen LogP contribution in [0.1, 0.15) is 5.56 Å². The zero-order chi connectivity index (χ0) is 14.7. The summed E-state index contributed by atoms with van der Waals surface area (Å²) in [5.74, 6) is 2.85. The van der Waals surface area contributed by atoms with Crippen LogP contribution in [0.2, 0.25) is 0 Å². The quantitative estimate of drug-likeness (QED) is 0.433. The highest BCUT2D eigenvalue weighted by Crippen LogP contribution is 2.14. The van der Waals surface area contributed by atoms with E-state index in [1.54, 1.807) is 18.2 Å². The molecule has 1 aromatic carbocycles. The van der Waals surface area contributed by atoms with Crippen molar-refractivity contribution in [3.63, 3.8) is 0 Å². The maximum Gasteiger partial charge on any atom is 0.409 e. The van der Waals surface area contributed by atoms with E-state index in [4.69, 9.17) is 22.6 Å². The molecule has 0 heterocycles. The van der Waals surface area contributed by atoms with Gasteiger partial charge in [0, 0.05) is 6.42 Å². The molecule has 19 heavy (non-hydrogen) atoms. The number of carbonyl (C=O) groups excluding carboxylic acids is 1. The topological polar surface area (TPSA) is 116 Å². The Labute approximate surface area is 113 Å². The number of rotatable bonds is 5. The Morgan fingerprint density at radius 2 is 2.21 bits per heavy atom. The summed E-state index contributed by atoms with van der Waals surface area (Å²) >= 11 is 0. The number of benzene rings is 1. The van der Waals surface area contributed by atoms with Gasteiger partial charge in [0.05, 0.1) is 12.7 Å². The third kappa shape index (κ3) is 7.78. The number of nitrogens with one attached hydrogen (secondary N) is 1. The fourth-order valence-electron chi connectivity index (χ4n) is 1.37. The summed E-state index contributed by atoms with van der Waals surface area (Å²) in [4.78, 5) is 10.6. The summed E-state index contributed by atoms with van der Waals surface area (Å²) in [7, 11) is 1.50. The van der Waals surface area contributed by atoms with Crippen molar-refractivity contribution in [3.05, 3.63) is 29.8 Å². The third-order valence-electron chi connectivity index (χ3n) is 2.04. The first-order valence-electron chi connectivity index (χ1n) is 5.68. The van der Waals surface area contributed by atoms with Crippen LogP contribution in [0.3, 0.4) is 0 Å². The number of carbonyl (C=O) groups is 1. The van der Waals surface area contributed by atoms with Crippen molar-refractivity contribution in [1.82, 2.24) is 5.32 Å². The average Bonchev–Trinajstić information content (AvgIpc) is 2.38. The van der Waals surface area contributed by atoms with Gasteiger partial charge in [-0.25, -0.2) is 4.79 Å². The van der Waals surface area contributed by atoms with Crippen LogP contribution in [0.25, 0.3) is 0 Å². The molecule has 1 rings (SSSR count). The van der Waals surface area contributed by atoms with Crippen LogP contribution in [0, 0.1) is 12.3 Å². The summed E-state index contributed by atoms with van der Waals surface area (Å²) in [6.45, 7) is 0.415. The van der Waals surface area contributed by atoms with Gasteiger partial charge in [-0.1, -0.05) is 18.1 Å². The van der Waals surface area contributed by atoms with Crippen molar-refractivity contribution in [2.24, 2.45) is 17.2 Å². The van der Waals surface area contributed by atoms with Gasteiger partial charge in [0.2, 0.25) is 0 Å². The molecule has 0 aliphatic carbocycles. The number of ether oxygens (including phenoxy) is 1. The first-order valence-corrected chi connectivity index (χ1v) is 5.68. The largest absolute Gasteiger partial charge is 0.410 e. The standard InChI is InChI=1S/C12H15N3O2.CH5N/c1-2-6-15-11(13)8-9-4-3-5-10(7-9)17-12(14)16;1-2/h1,3-5,7,11,15H,6,8,13H2,(H2,14,16);2H2,1H3. The molecule has 1 amide bonds. The molecule has 6 nitrogen and oxygen atoms in total. The van der Waals surface area contributed by atoms with Gasteiger partial charge in [-0.3, -0.25) is 5.32 Å². The Hall–Kier alpha value is -2.07.